The normalized spacial score (nSPS) is 34.8. The van der Waals surface area contributed by atoms with Crippen LogP contribution in [-0.4, -0.2) is 55.1 Å². The van der Waals surface area contributed by atoms with E-state index in [1.165, 1.54) is 5.56 Å². The summed E-state index contributed by atoms with van der Waals surface area (Å²) in [4.78, 5) is 2.40. The first-order valence-electron chi connectivity index (χ1n) is 8.55. The van der Waals surface area contributed by atoms with Gasteiger partial charge in [0.1, 0.15) is 11.9 Å². The molecule has 1 aromatic rings. The molecule has 0 radical (unpaired) electrons. The Morgan fingerprint density at radius 2 is 2.04 bits per heavy atom. The SMILES string of the molecule is COC1=CC2[C@@H]3Cc4ccc(OC)c(O)c4[C@]2(CCN3C)C[C@@H]1O. The first kappa shape index (κ1) is 15.8. The van der Waals surface area contributed by atoms with Crippen molar-refractivity contribution in [3.8, 4) is 11.5 Å². The summed E-state index contributed by atoms with van der Waals surface area (Å²) in [6.07, 6.45) is 3.83. The Morgan fingerprint density at radius 1 is 1.25 bits per heavy atom. The average molecular weight is 331 g/mol. The maximum atomic E-state index is 10.9. The molecule has 5 nitrogen and oxygen atoms in total. The summed E-state index contributed by atoms with van der Waals surface area (Å²) in [6, 6.07) is 4.27. The van der Waals surface area contributed by atoms with Crippen molar-refractivity contribution in [3.05, 3.63) is 35.1 Å². The number of hydrogen-bond acceptors (Lipinski definition) is 5. The Balaban J connectivity index is 1.95. The highest BCUT2D eigenvalue weighted by Gasteiger charge is 2.56. The van der Waals surface area contributed by atoms with E-state index in [4.69, 9.17) is 9.47 Å². The van der Waals surface area contributed by atoms with Gasteiger partial charge in [-0.05, 0) is 50.6 Å². The molecule has 5 heteroatoms. The third kappa shape index (κ3) is 1.94. The van der Waals surface area contributed by atoms with Gasteiger partial charge >= 0.3 is 0 Å². The lowest BCUT2D eigenvalue weighted by molar-refractivity contribution is -0.00381. The molecule has 130 valence electrons. The van der Waals surface area contributed by atoms with Gasteiger partial charge in [-0.1, -0.05) is 6.07 Å². The van der Waals surface area contributed by atoms with Crippen LogP contribution in [0.25, 0.3) is 0 Å². The molecular weight excluding hydrogens is 306 g/mol. The number of hydrogen-bond donors (Lipinski definition) is 2. The van der Waals surface area contributed by atoms with Crippen LogP contribution < -0.4 is 4.74 Å². The molecule has 1 unspecified atom stereocenters. The molecule has 4 rings (SSSR count). The summed E-state index contributed by atoms with van der Waals surface area (Å²) >= 11 is 0. The van der Waals surface area contributed by atoms with E-state index >= 15 is 0 Å². The Labute approximate surface area is 142 Å². The number of ether oxygens (including phenoxy) is 2. The van der Waals surface area contributed by atoms with Crippen molar-refractivity contribution in [1.82, 2.24) is 4.90 Å². The molecule has 3 aliphatic rings. The second-order valence-electron chi connectivity index (χ2n) is 7.33. The first-order valence-corrected chi connectivity index (χ1v) is 8.55. The van der Waals surface area contributed by atoms with E-state index in [9.17, 15) is 10.2 Å². The van der Waals surface area contributed by atoms with Crippen LogP contribution in [0.2, 0.25) is 0 Å². The molecule has 0 aromatic heterocycles. The van der Waals surface area contributed by atoms with E-state index in [1.807, 2.05) is 6.07 Å². The number of benzene rings is 1. The fourth-order valence-electron chi connectivity index (χ4n) is 5.20. The number of methoxy groups -OCH3 is 2. The number of rotatable bonds is 2. The standard InChI is InChI=1S/C19H25NO4/c1-20-7-6-19-10-14(21)16(24-3)9-12(19)13(20)8-11-4-5-15(23-2)18(22)17(11)19/h4-5,9,12-14,21-22H,6-8,10H2,1-3H3/t12?,13-,14-,19+/m0/s1. The monoisotopic (exact) mass is 331 g/mol. The van der Waals surface area contributed by atoms with Crippen LogP contribution in [0.4, 0.5) is 0 Å². The maximum Gasteiger partial charge on any atom is 0.161 e. The minimum Gasteiger partial charge on any atom is -0.504 e. The topological polar surface area (TPSA) is 62.2 Å². The highest BCUT2D eigenvalue weighted by Crippen LogP contribution is 2.58. The van der Waals surface area contributed by atoms with Crippen molar-refractivity contribution in [2.24, 2.45) is 5.92 Å². The van der Waals surface area contributed by atoms with Crippen molar-refractivity contribution in [1.29, 1.82) is 0 Å². The van der Waals surface area contributed by atoms with Gasteiger partial charge in [0, 0.05) is 22.9 Å². The van der Waals surface area contributed by atoms with Gasteiger partial charge in [-0.3, -0.25) is 0 Å². The third-order valence-corrected chi connectivity index (χ3v) is 6.37. The Kier molecular flexibility index (Phi) is 3.55. The van der Waals surface area contributed by atoms with Gasteiger partial charge in [0.05, 0.1) is 14.2 Å². The first-order chi connectivity index (χ1) is 11.5. The minimum atomic E-state index is -0.633. The number of piperidine rings is 1. The van der Waals surface area contributed by atoms with Gasteiger partial charge in [-0.2, -0.15) is 0 Å². The average Bonchev–Trinajstić information content (AvgIpc) is 2.57. The van der Waals surface area contributed by atoms with Gasteiger partial charge < -0.3 is 24.6 Å². The Morgan fingerprint density at radius 3 is 2.75 bits per heavy atom. The number of aromatic hydroxyl groups is 1. The number of nitrogens with zero attached hydrogens (tertiary/aromatic N) is 1. The van der Waals surface area contributed by atoms with E-state index in [0.717, 1.165) is 24.9 Å². The van der Waals surface area contributed by atoms with Crippen molar-refractivity contribution >= 4 is 0 Å². The van der Waals surface area contributed by atoms with Crippen LogP contribution in [0.15, 0.2) is 24.0 Å². The van der Waals surface area contributed by atoms with Crippen LogP contribution in [0, 0.1) is 5.92 Å². The Hall–Kier alpha value is -1.72. The zero-order valence-corrected chi connectivity index (χ0v) is 14.5. The summed E-state index contributed by atoms with van der Waals surface area (Å²) in [5, 5.41) is 21.5. The lowest BCUT2D eigenvalue weighted by Gasteiger charge is -2.57. The summed E-state index contributed by atoms with van der Waals surface area (Å²) in [6.45, 7) is 0.958. The zero-order chi connectivity index (χ0) is 17.1. The molecule has 0 saturated carbocycles. The van der Waals surface area contributed by atoms with Crippen LogP contribution in [-0.2, 0) is 16.6 Å². The van der Waals surface area contributed by atoms with Gasteiger partial charge in [0.2, 0.25) is 0 Å². The summed E-state index contributed by atoms with van der Waals surface area (Å²) < 4.78 is 10.8. The predicted octanol–water partition coefficient (Wildman–Crippen LogP) is 1.81. The smallest absolute Gasteiger partial charge is 0.161 e. The largest absolute Gasteiger partial charge is 0.504 e. The molecule has 2 bridgehead atoms. The van der Waals surface area contributed by atoms with Gasteiger partial charge in [0.25, 0.3) is 0 Å². The lowest BCUT2D eigenvalue weighted by Crippen LogP contribution is -2.60. The van der Waals surface area contributed by atoms with Crippen LogP contribution >= 0.6 is 0 Å². The van der Waals surface area contributed by atoms with Crippen molar-refractivity contribution < 1.29 is 19.7 Å². The molecule has 1 aliphatic heterocycles. The summed E-state index contributed by atoms with van der Waals surface area (Å²) in [5.41, 5.74) is 1.88. The molecule has 1 saturated heterocycles. The third-order valence-electron chi connectivity index (χ3n) is 6.37. The molecule has 2 N–H and O–H groups in total. The van der Waals surface area contributed by atoms with E-state index < -0.39 is 6.10 Å². The molecule has 0 spiro atoms. The van der Waals surface area contributed by atoms with E-state index in [0.29, 0.717) is 24.0 Å². The minimum absolute atomic E-state index is 0.222. The predicted molar refractivity (Wildman–Crippen MR) is 90.3 cm³/mol. The second-order valence-corrected chi connectivity index (χ2v) is 7.33. The number of phenolic OH excluding ortho intramolecular Hbond substituents is 1. The number of fused-ring (bicyclic) bond motifs is 1. The quantitative estimate of drug-likeness (QED) is 0.865. The number of likely N-dealkylation sites (N-methyl/N-ethyl adjacent to an activating group) is 1. The molecule has 1 aromatic carbocycles. The zero-order valence-electron chi connectivity index (χ0n) is 14.5. The van der Waals surface area contributed by atoms with Gasteiger partial charge in [-0.25, -0.2) is 0 Å². The summed E-state index contributed by atoms with van der Waals surface area (Å²) in [7, 11) is 5.35. The fraction of sp³-hybridized carbons (Fsp3) is 0.579. The molecule has 4 atom stereocenters. The second kappa shape index (κ2) is 5.39. The van der Waals surface area contributed by atoms with Crippen molar-refractivity contribution in [2.75, 3.05) is 27.8 Å². The summed E-state index contributed by atoms with van der Waals surface area (Å²) in [5.74, 6) is 1.63. The van der Waals surface area contributed by atoms with Crippen molar-refractivity contribution in [2.45, 2.75) is 36.8 Å². The van der Waals surface area contributed by atoms with E-state index in [-0.39, 0.29) is 17.1 Å². The van der Waals surface area contributed by atoms with E-state index in [2.05, 4.69) is 24.1 Å². The molecule has 0 amide bonds. The molecule has 2 aliphatic carbocycles. The molecule has 1 heterocycles. The van der Waals surface area contributed by atoms with Gasteiger partial charge in [-0.15, -0.1) is 0 Å². The molecule has 1 fully saturated rings. The highest BCUT2D eigenvalue weighted by molar-refractivity contribution is 5.57. The number of likely N-dealkylation sites (tertiary alicyclic amines) is 1. The number of aliphatic hydroxyl groups is 1. The maximum absolute atomic E-state index is 10.9. The van der Waals surface area contributed by atoms with Crippen LogP contribution in [0.1, 0.15) is 24.0 Å². The molecular formula is C19H25NO4. The van der Waals surface area contributed by atoms with E-state index in [1.54, 1.807) is 14.2 Å². The fourth-order valence-corrected chi connectivity index (χ4v) is 5.20. The number of aliphatic hydroxyl groups excluding tert-OH is 1. The highest BCUT2D eigenvalue weighted by atomic mass is 16.5. The van der Waals surface area contributed by atoms with Crippen LogP contribution in [0.3, 0.4) is 0 Å². The molecule has 24 heavy (non-hydrogen) atoms. The lowest BCUT2D eigenvalue weighted by atomic mass is 9.53. The Bertz CT molecular complexity index is 701. The van der Waals surface area contributed by atoms with Gasteiger partial charge in [0.15, 0.2) is 11.5 Å². The van der Waals surface area contributed by atoms with Crippen LogP contribution in [0.5, 0.6) is 11.5 Å². The number of phenols is 1. The van der Waals surface area contributed by atoms with Crippen molar-refractivity contribution in [3.63, 3.8) is 0 Å².